The molecule has 3 aromatic rings. The highest BCUT2D eigenvalue weighted by molar-refractivity contribution is 6.02. The van der Waals surface area contributed by atoms with Crippen LogP contribution in [0.1, 0.15) is 42.9 Å². The molecule has 0 saturated heterocycles. The third kappa shape index (κ3) is 2.57. The van der Waals surface area contributed by atoms with Gasteiger partial charge in [0, 0.05) is 29.3 Å². The van der Waals surface area contributed by atoms with Crippen molar-refractivity contribution in [2.45, 2.75) is 37.0 Å². The van der Waals surface area contributed by atoms with Crippen molar-refractivity contribution in [2.75, 3.05) is 5.32 Å². The van der Waals surface area contributed by atoms with Crippen LogP contribution in [0.25, 0.3) is 10.9 Å². The van der Waals surface area contributed by atoms with Crippen LogP contribution in [0, 0.1) is 0 Å². The zero-order valence-electron chi connectivity index (χ0n) is 15.2. The maximum Gasteiger partial charge on any atom is 0.235 e. The van der Waals surface area contributed by atoms with Gasteiger partial charge in [-0.15, -0.1) is 0 Å². The van der Waals surface area contributed by atoms with Crippen molar-refractivity contribution >= 4 is 22.5 Å². The van der Waals surface area contributed by atoms with Crippen LogP contribution < -0.4 is 5.32 Å². The molecule has 0 bridgehead atoms. The molecule has 2 fully saturated rings. The van der Waals surface area contributed by atoms with Crippen molar-refractivity contribution < 1.29 is 15.0 Å². The molecule has 27 heavy (non-hydrogen) atoms. The second-order valence-corrected chi connectivity index (χ2v) is 7.92. The molecule has 138 valence electrons. The Labute approximate surface area is 157 Å². The van der Waals surface area contributed by atoms with Crippen molar-refractivity contribution in [3.8, 4) is 11.5 Å². The van der Waals surface area contributed by atoms with Crippen LogP contribution in [0.5, 0.6) is 11.5 Å². The number of aryl methyl sites for hydroxylation is 1. The molecule has 2 aliphatic carbocycles. The van der Waals surface area contributed by atoms with Crippen LogP contribution >= 0.6 is 0 Å². The van der Waals surface area contributed by atoms with Gasteiger partial charge in [0.15, 0.2) is 11.5 Å². The molecule has 1 aromatic heterocycles. The Hall–Kier alpha value is -2.95. The quantitative estimate of drug-likeness (QED) is 0.611. The number of rotatable bonds is 4. The topological polar surface area (TPSA) is 74.5 Å². The largest absolute Gasteiger partial charge is 0.504 e. The average molecular weight is 362 g/mol. The molecule has 3 N–H and O–H groups in total. The van der Waals surface area contributed by atoms with E-state index < -0.39 is 5.41 Å². The van der Waals surface area contributed by atoms with Gasteiger partial charge in [-0.1, -0.05) is 6.07 Å². The van der Waals surface area contributed by atoms with E-state index in [4.69, 9.17) is 0 Å². The molecule has 1 heterocycles. The molecule has 0 spiro atoms. The highest BCUT2D eigenvalue weighted by Crippen LogP contribution is 2.50. The molecule has 5 heteroatoms. The third-order valence-corrected chi connectivity index (χ3v) is 6.05. The average Bonchev–Trinajstić information content (AvgIpc) is 3.56. The van der Waals surface area contributed by atoms with E-state index in [9.17, 15) is 15.0 Å². The summed E-state index contributed by atoms with van der Waals surface area (Å²) < 4.78 is 2.25. The lowest BCUT2D eigenvalue weighted by Crippen LogP contribution is -2.27. The number of hydrogen-bond donors (Lipinski definition) is 3. The number of carbonyl (C=O) groups excluding carboxylic acids is 1. The Morgan fingerprint density at radius 3 is 2.52 bits per heavy atom. The van der Waals surface area contributed by atoms with E-state index in [1.165, 1.54) is 36.2 Å². The number of fused-ring (bicyclic) bond motifs is 1. The van der Waals surface area contributed by atoms with E-state index in [0.717, 1.165) is 29.5 Å². The number of aromatic nitrogens is 1. The molecule has 2 aromatic carbocycles. The minimum atomic E-state index is -0.615. The van der Waals surface area contributed by atoms with Gasteiger partial charge in [-0.3, -0.25) is 4.79 Å². The van der Waals surface area contributed by atoms with Gasteiger partial charge >= 0.3 is 0 Å². The summed E-state index contributed by atoms with van der Waals surface area (Å²) in [7, 11) is 2.10. The second-order valence-electron chi connectivity index (χ2n) is 7.92. The Morgan fingerprint density at radius 1 is 1.07 bits per heavy atom. The van der Waals surface area contributed by atoms with Crippen LogP contribution in [-0.2, 0) is 17.3 Å². The lowest BCUT2D eigenvalue weighted by Gasteiger charge is -2.16. The van der Waals surface area contributed by atoms with Crippen molar-refractivity contribution in [1.82, 2.24) is 4.57 Å². The van der Waals surface area contributed by atoms with E-state index >= 15 is 0 Å². The SMILES string of the molecule is Cn1c(C2CC2)cc2cc(NC(=O)C3(c4ccc(O)c(O)c4)CC3)ccc21. The smallest absolute Gasteiger partial charge is 0.235 e. The van der Waals surface area contributed by atoms with Crippen molar-refractivity contribution in [1.29, 1.82) is 0 Å². The zero-order chi connectivity index (χ0) is 18.8. The fourth-order valence-corrected chi connectivity index (χ4v) is 4.06. The Kier molecular flexibility index (Phi) is 3.32. The van der Waals surface area contributed by atoms with Gasteiger partial charge in [0.2, 0.25) is 5.91 Å². The molecule has 0 atom stereocenters. The number of phenols is 2. The minimum Gasteiger partial charge on any atom is -0.504 e. The lowest BCUT2D eigenvalue weighted by molar-refractivity contribution is -0.118. The number of amides is 1. The van der Waals surface area contributed by atoms with Crippen molar-refractivity contribution in [3.63, 3.8) is 0 Å². The molecule has 0 radical (unpaired) electrons. The number of carbonyl (C=O) groups is 1. The number of nitrogens with one attached hydrogen (secondary N) is 1. The van der Waals surface area contributed by atoms with E-state index in [2.05, 4.69) is 29.1 Å². The van der Waals surface area contributed by atoms with E-state index in [0.29, 0.717) is 5.92 Å². The summed E-state index contributed by atoms with van der Waals surface area (Å²) in [6.07, 6.45) is 4.00. The third-order valence-electron chi connectivity index (χ3n) is 6.05. The minimum absolute atomic E-state index is 0.0645. The van der Waals surface area contributed by atoms with Gasteiger partial charge in [0.1, 0.15) is 0 Å². The molecule has 0 aliphatic heterocycles. The van der Waals surface area contributed by atoms with Crippen LogP contribution in [0.4, 0.5) is 5.69 Å². The van der Waals surface area contributed by atoms with Crippen molar-refractivity contribution in [2.24, 2.45) is 7.05 Å². The van der Waals surface area contributed by atoms with Gasteiger partial charge in [0.25, 0.3) is 0 Å². The first kappa shape index (κ1) is 16.2. The fraction of sp³-hybridized carbons (Fsp3) is 0.318. The molecule has 0 unspecified atom stereocenters. The number of anilines is 1. The summed E-state index contributed by atoms with van der Waals surface area (Å²) in [5, 5.41) is 23.5. The maximum atomic E-state index is 13.0. The summed E-state index contributed by atoms with van der Waals surface area (Å²) in [6, 6.07) is 12.9. The zero-order valence-corrected chi connectivity index (χ0v) is 15.2. The Balaban J connectivity index is 1.42. The van der Waals surface area contributed by atoms with E-state index in [1.54, 1.807) is 6.07 Å². The normalized spacial score (nSPS) is 17.8. The van der Waals surface area contributed by atoms with Crippen LogP contribution in [0.2, 0.25) is 0 Å². The Bertz CT molecular complexity index is 1070. The summed E-state index contributed by atoms with van der Waals surface area (Å²) in [5.41, 5.74) is 3.46. The monoisotopic (exact) mass is 362 g/mol. The number of hydrogen-bond acceptors (Lipinski definition) is 3. The number of aromatic hydroxyl groups is 2. The van der Waals surface area contributed by atoms with E-state index in [-0.39, 0.29) is 17.4 Å². The highest BCUT2D eigenvalue weighted by atomic mass is 16.3. The van der Waals surface area contributed by atoms with Gasteiger partial charge in [-0.25, -0.2) is 0 Å². The molecule has 2 aliphatic rings. The summed E-state index contributed by atoms with van der Waals surface area (Å²) >= 11 is 0. The lowest BCUT2D eigenvalue weighted by atomic mass is 9.94. The first-order valence-corrected chi connectivity index (χ1v) is 9.41. The molecule has 5 nitrogen and oxygen atoms in total. The van der Waals surface area contributed by atoms with Crippen molar-refractivity contribution in [3.05, 3.63) is 53.7 Å². The van der Waals surface area contributed by atoms with Gasteiger partial charge in [0.05, 0.1) is 5.41 Å². The number of benzene rings is 2. The predicted octanol–water partition coefficient (Wildman–Crippen LogP) is 4.14. The summed E-state index contributed by atoms with van der Waals surface area (Å²) in [4.78, 5) is 13.0. The molecule has 5 rings (SSSR count). The molecule has 1 amide bonds. The summed E-state index contributed by atoms with van der Waals surface area (Å²) in [6.45, 7) is 0. The van der Waals surface area contributed by atoms with Crippen LogP contribution in [0.15, 0.2) is 42.5 Å². The van der Waals surface area contributed by atoms with Gasteiger partial charge < -0.3 is 20.1 Å². The molecule has 2 saturated carbocycles. The number of nitrogens with zero attached hydrogens (tertiary/aromatic N) is 1. The first-order chi connectivity index (χ1) is 13.0. The van der Waals surface area contributed by atoms with Crippen LogP contribution in [0.3, 0.4) is 0 Å². The summed E-state index contributed by atoms with van der Waals surface area (Å²) in [5.74, 6) is 0.253. The maximum absolute atomic E-state index is 13.0. The van der Waals surface area contributed by atoms with Gasteiger partial charge in [-0.2, -0.15) is 0 Å². The molecular weight excluding hydrogens is 340 g/mol. The second kappa shape index (κ2) is 5.52. The fourth-order valence-electron chi connectivity index (χ4n) is 4.06. The number of phenolic OH excluding ortho intramolecular Hbond substituents is 2. The first-order valence-electron chi connectivity index (χ1n) is 9.41. The molecular formula is C22H22N2O3. The van der Waals surface area contributed by atoms with Gasteiger partial charge in [-0.05, 0) is 73.6 Å². The van der Waals surface area contributed by atoms with E-state index in [1.807, 2.05) is 12.1 Å². The van der Waals surface area contributed by atoms with Crippen LogP contribution in [-0.4, -0.2) is 20.7 Å². The predicted molar refractivity (Wildman–Crippen MR) is 104 cm³/mol. The Morgan fingerprint density at radius 2 is 1.85 bits per heavy atom. The standard InChI is InChI=1S/C22H22N2O3/c1-24-17-6-5-16(10-14(17)11-18(24)13-2-3-13)23-21(27)22(8-9-22)15-4-7-19(25)20(26)12-15/h4-7,10-13,25-26H,2-3,8-9H2,1H3,(H,23,27). The highest BCUT2D eigenvalue weighted by Gasteiger charge is 2.51.